The lowest BCUT2D eigenvalue weighted by molar-refractivity contribution is -0.123. The van der Waals surface area contributed by atoms with E-state index < -0.39 is 5.91 Å². The zero-order valence-electron chi connectivity index (χ0n) is 8.81. The molecule has 0 bridgehead atoms. The molecule has 5 nitrogen and oxygen atoms in total. The Morgan fingerprint density at radius 1 is 1.47 bits per heavy atom. The quantitative estimate of drug-likeness (QED) is 0.509. The first kappa shape index (κ1) is 11.8. The van der Waals surface area contributed by atoms with Crippen molar-refractivity contribution in [2.24, 2.45) is 5.84 Å². The third kappa shape index (κ3) is 2.54. The van der Waals surface area contributed by atoms with Crippen molar-refractivity contribution in [1.82, 2.24) is 10.4 Å². The number of carbonyl (C=O) groups excluding carboxylic acids is 1. The average Bonchev–Trinajstić information content (AvgIpc) is 2.38. The van der Waals surface area contributed by atoms with E-state index in [0.29, 0.717) is 11.3 Å². The summed E-state index contributed by atoms with van der Waals surface area (Å²) in [6.07, 6.45) is 1.67. The van der Waals surface area contributed by atoms with E-state index in [4.69, 9.17) is 10.6 Å². The Morgan fingerprint density at radius 3 is 3.06 bits per heavy atom. The molecule has 1 heterocycles. The number of pyridine rings is 1. The topological polar surface area (TPSA) is 77.2 Å². The van der Waals surface area contributed by atoms with Gasteiger partial charge in [0.25, 0.3) is 5.91 Å². The number of hydrogen-bond donors (Lipinski definition) is 2. The molecule has 0 saturated heterocycles. The van der Waals surface area contributed by atoms with Crippen LogP contribution in [0.5, 0.6) is 5.75 Å². The molecule has 0 fully saturated rings. The van der Waals surface area contributed by atoms with Gasteiger partial charge in [-0.3, -0.25) is 15.2 Å². The lowest BCUT2D eigenvalue weighted by Gasteiger charge is -2.08. The van der Waals surface area contributed by atoms with Gasteiger partial charge in [0.2, 0.25) is 0 Å². The fourth-order valence-corrected chi connectivity index (χ4v) is 1.87. The van der Waals surface area contributed by atoms with Gasteiger partial charge in [-0.2, -0.15) is 0 Å². The molecule has 0 aliphatic rings. The number of fused-ring (bicyclic) bond motifs is 1. The summed E-state index contributed by atoms with van der Waals surface area (Å²) >= 11 is 3.43. The van der Waals surface area contributed by atoms with Crippen LogP contribution in [0.25, 0.3) is 10.9 Å². The third-order valence-electron chi connectivity index (χ3n) is 2.20. The maximum Gasteiger partial charge on any atom is 0.271 e. The molecule has 0 atom stereocenters. The molecule has 2 rings (SSSR count). The zero-order valence-corrected chi connectivity index (χ0v) is 10.4. The van der Waals surface area contributed by atoms with Crippen molar-refractivity contribution in [3.05, 3.63) is 34.9 Å². The lowest BCUT2D eigenvalue weighted by atomic mass is 10.2. The fourth-order valence-electron chi connectivity index (χ4n) is 1.41. The van der Waals surface area contributed by atoms with E-state index >= 15 is 0 Å². The molecule has 0 radical (unpaired) electrons. The molecule has 0 aliphatic carbocycles. The Morgan fingerprint density at radius 2 is 2.29 bits per heavy atom. The van der Waals surface area contributed by atoms with E-state index in [2.05, 4.69) is 20.9 Å². The summed E-state index contributed by atoms with van der Waals surface area (Å²) < 4.78 is 6.28. The second kappa shape index (κ2) is 5.11. The van der Waals surface area contributed by atoms with Gasteiger partial charge in [-0.05, 0) is 18.2 Å². The molecule has 0 saturated carbocycles. The minimum atomic E-state index is -0.392. The first-order valence-electron chi connectivity index (χ1n) is 4.88. The molecule has 0 aliphatic heterocycles. The van der Waals surface area contributed by atoms with Crippen molar-refractivity contribution >= 4 is 32.7 Å². The molecule has 3 N–H and O–H groups in total. The average molecular weight is 296 g/mol. The van der Waals surface area contributed by atoms with Gasteiger partial charge in [-0.25, -0.2) is 5.84 Å². The number of hydrogen-bond acceptors (Lipinski definition) is 4. The number of aromatic nitrogens is 1. The molecule has 1 aromatic heterocycles. The monoisotopic (exact) mass is 295 g/mol. The van der Waals surface area contributed by atoms with Gasteiger partial charge in [0.15, 0.2) is 6.61 Å². The fraction of sp³-hybridized carbons (Fsp3) is 0.0909. The Kier molecular flexibility index (Phi) is 3.55. The van der Waals surface area contributed by atoms with Crippen LogP contribution in [0.15, 0.2) is 34.9 Å². The normalized spacial score (nSPS) is 10.2. The molecule has 88 valence electrons. The highest BCUT2D eigenvalue weighted by Gasteiger charge is 2.07. The zero-order chi connectivity index (χ0) is 12.3. The van der Waals surface area contributed by atoms with Gasteiger partial charge in [0.05, 0.1) is 0 Å². The summed E-state index contributed by atoms with van der Waals surface area (Å²) in [6, 6.07) is 7.36. The van der Waals surface area contributed by atoms with Crippen LogP contribution in [0.1, 0.15) is 0 Å². The molecular formula is C11H10BrN3O2. The van der Waals surface area contributed by atoms with Crippen molar-refractivity contribution in [1.29, 1.82) is 0 Å². The summed E-state index contributed by atoms with van der Waals surface area (Å²) in [4.78, 5) is 15.2. The smallest absolute Gasteiger partial charge is 0.271 e. The number of ether oxygens (including phenoxy) is 1. The number of amides is 1. The minimum Gasteiger partial charge on any atom is -0.481 e. The number of benzene rings is 1. The van der Waals surface area contributed by atoms with Crippen LogP contribution in [-0.2, 0) is 4.79 Å². The van der Waals surface area contributed by atoms with Crippen molar-refractivity contribution in [3.63, 3.8) is 0 Å². The standard InChI is InChI=1S/C11H10BrN3O2/c12-8-3-4-9(17-6-10(16)15-13)11-7(8)2-1-5-14-11/h1-5H,6,13H2,(H,15,16). The van der Waals surface area contributed by atoms with Crippen LogP contribution in [0, 0.1) is 0 Å². The molecule has 0 unspecified atom stereocenters. The van der Waals surface area contributed by atoms with E-state index in [1.165, 1.54) is 0 Å². The predicted octanol–water partition coefficient (Wildman–Crippen LogP) is 1.37. The van der Waals surface area contributed by atoms with Gasteiger partial charge in [-0.1, -0.05) is 22.0 Å². The number of halogens is 1. The second-order valence-corrected chi connectivity index (χ2v) is 4.16. The van der Waals surface area contributed by atoms with Gasteiger partial charge in [-0.15, -0.1) is 0 Å². The molecule has 0 spiro atoms. The molecule has 17 heavy (non-hydrogen) atoms. The molecule has 2 aromatic rings. The summed E-state index contributed by atoms with van der Waals surface area (Å²) in [5.74, 6) is 5.13. The van der Waals surface area contributed by atoms with Crippen LogP contribution in [-0.4, -0.2) is 17.5 Å². The highest BCUT2D eigenvalue weighted by molar-refractivity contribution is 9.10. The number of rotatable bonds is 3. The maximum absolute atomic E-state index is 11.0. The van der Waals surface area contributed by atoms with Crippen LogP contribution in [0.2, 0.25) is 0 Å². The van der Waals surface area contributed by atoms with Crippen molar-refractivity contribution in [3.8, 4) is 5.75 Å². The summed E-state index contributed by atoms with van der Waals surface area (Å²) in [6.45, 7) is -0.135. The molecular weight excluding hydrogens is 286 g/mol. The second-order valence-electron chi connectivity index (χ2n) is 3.30. The van der Waals surface area contributed by atoms with E-state index in [1.807, 2.05) is 23.6 Å². The summed E-state index contributed by atoms with van der Waals surface area (Å²) in [5.41, 5.74) is 2.70. The van der Waals surface area contributed by atoms with Crippen LogP contribution >= 0.6 is 15.9 Å². The number of carbonyl (C=O) groups is 1. The predicted molar refractivity (Wildman–Crippen MR) is 67.3 cm³/mol. The first-order valence-corrected chi connectivity index (χ1v) is 5.67. The lowest BCUT2D eigenvalue weighted by Crippen LogP contribution is -2.34. The van der Waals surface area contributed by atoms with Crippen molar-refractivity contribution in [2.75, 3.05) is 6.61 Å². The summed E-state index contributed by atoms with van der Waals surface area (Å²) in [7, 11) is 0. The van der Waals surface area contributed by atoms with Crippen molar-refractivity contribution < 1.29 is 9.53 Å². The highest BCUT2D eigenvalue weighted by atomic mass is 79.9. The Balaban J connectivity index is 2.35. The molecule has 1 aromatic carbocycles. The Bertz CT molecular complexity index is 559. The third-order valence-corrected chi connectivity index (χ3v) is 2.89. The van der Waals surface area contributed by atoms with Gasteiger partial charge in [0.1, 0.15) is 11.3 Å². The summed E-state index contributed by atoms with van der Waals surface area (Å²) in [5, 5.41) is 0.929. The van der Waals surface area contributed by atoms with Gasteiger partial charge >= 0.3 is 0 Å². The van der Waals surface area contributed by atoms with E-state index in [1.54, 1.807) is 12.3 Å². The molecule has 1 amide bonds. The van der Waals surface area contributed by atoms with Crippen LogP contribution in [0.4, 0.5) is 0 Å². The highest BCUT2D eigenvalue weighted by Crippen LogP contribution is 2.29. The van der Waals surface area contributed by atoms with E-state index in [9.17, 15) is 4.79 Å². The number of hydrazine groups is 1. The minimum absolute atomic E-state index is 0.135. The largest absolute Gasteiger partial charge is 0.481 e. The first-order chi connectivity index (χ1) is 8.22. The number of nitrogens with one attached hydrogen (secondary N) is 1. The van der Waals surface area contributed by atoms with Gasteiger partial charge < -0.3 is 4.74 Å². The Hall–Kier alpha value is -1.66. The van der Waals surface area contributed by atoms with E-state index in [-0.39, 0.29) is 6.61 Å². The Labute approximate surface area is 106 Å². The van der Waals surface area contributed by atoms with Crippen LogP contribution < -0.4 is 16.0 Å². The van der Waals surface area contributed by atoms with Crippen LogP contribution in [0.3, 0.4) is 0 Å². The number of nitrogens with two attached hydrogens (primary N) is 1. The molecule has 6 heteroatoms. The number of nitrogens with zero attached hydrogens (tertiary/aromatic N) is 1. The SMILES string of the molecule is NNC(=O)COc1ccc(Br)c2cccnc12. The van der Waals surface area contributed by atoms with Gasteiger partial charge in [0, 0.05) is 16.1 Å². The van der Waals surface area contributed by atoms with Crippen molar-refractivity contribution in [2.45, 2.75) is 0 Å². The van der Waals surface area contributed by atoms with E-state index in [0.717, 1.165) is 9.86 Å². The maximum atomic E-state index is 11.0.